The Balaban J connectivity index is 2.04. The summed E-state index contributed by atoms with van der Waals surface area (Å²) in [7, 11) is -3.48. The number of amides is 1. The van der Waals surface area contributed by atoms with Crippen molar-refractivity contribution in [2.45, 2.75) is 17.8 Å². The smallest absolute Gasteiger partial charge is 0.258 e. The molecule has 9 heteroatoms. The lowest BCUT2D eigenvalue weighted by atomic mass is 10.1. The van der Waals surface area contributed by atoms with Crippen LogP contribution in [0.25, 0.3) is 0 Å². The summed E-state index contributed by atoms with van der Waals surface area (Å²) in [5, 5.41) is 8.09. The van der Waals surface area contributed by atoms with Crippen molar-refractivity contribution in [1.82, 2.24) is 15.2 Å². The van der Waals surface area contributed by atoms with E-state index in [0.717, 1.165) is 23.3 Å². The molecule has 0 atom stereocenters. The number of H-pyrrole nitrogens is 1. The molecule has 22 heavy (non-hydrogen) atoms. The van der Waals surface area contributed by atoms with Crippen molar-refractivity contribution < 1.29 is 13.2 Å². The number of anilines is 1. The van der Waals surface area contributed by atoms with E-state index in [2.05, 4.69) is 27.4 Å². The van der Waals surface area contributed by atoms with Gasteiger partial charge < -0.3 is 0 Å². The largest absolute Gasteiger partial charge is 0.289 e. The summed E-state index contributed by atoms with van der Waals surface area (Å²) < 4.78 is 22.6. The lowest BCUT2D eigenvalue weighted by Crippen LogP contribution is -2.13. The van der Waals surface area contributed by atoms with Crippen molar-refractivity contribution in [3.63, 3.8) is 0 Å². The predicted molar refractivity (Wildman–Crippen MR) is 85.7 cm³/mol. The number of nitrogens with zero attached hydrogens (tertiary/aromatic N) is 2. The monoisotopic (exact) mass is 340 g/mol. The third kappa shape index (κ3) is 4.31. The molecular formula is C13H16N4O3S2. The van der Waals surface area contributed by atoms with Crippen molar-refractivity contribution in [2.75, 3.05) is 17.3 Å². The molecule has 118 valence electrons. The Morgan fingerprint density at radius 1 is 1.32 bits per heavy atom. The maximum Gasteiger partial charge on any atom is 0.258 e. The number of hydrogen-bond donors (Lipinski definition) is 2. The van der Waals surface area contributed by atoms with E-state index in [0.29, 0.717) is 5.56 Å². The molecule has 0 aliphatic rings. The highest BCUT2D eigenvalue weighted by atomic mass is 32.2. The van der Waals surface area contributed by atoms with Gasteiger partial charge in [0.1, 0.15) is 0 Å². The van der Waals surface area contributed by atoms with Crippen molar-refractivity contribution in [3.8, 4) is 0 Å². The molecule has 0 bridgehead atoms. The van der Waals surface area contributed by atoms with Crippen molar-refractivity contribution in [1.29, 1.82) is 0 Å². The number of benzene rings is 1. The van der Waals surface area contributed by atoms with E-state index in [4.69, 9.17) is 0 Å². The van der Waals surface area contributed by atoms with Gasteiger partial charge in [-0.25, -0.2) is 13.5 Å². The number of aromatic amines is 1. The lowest BCUT2D eigenvalue weighted by molar-refractivity contribution is 0.102. The summed E-state index contributed by atoms with van der Waals surface area (Å²) in [5.41, 5.74) is 1.59. The number of carbonyl (C=O) groups is 1. The molecule has 2 aromatic rings. The first kappa shape index (κ1) is 16.5. The SMILES string of the molecule is CCSCc1ccc(C(=O)Nc2n[nH]c(S(C)(=O)=O)n2)cc1. The van der Waals surface area contributed by atoms with E-state index in [1.807, 2.05) is 12.1 Å². The molecule has 0 saturated carbocycles. The Labute approximate surface area is 132 Å². The molecule has 0 radical (unpaired) electrons. The van der Waals surface area contributed by atoms with Crippen LogP contribution < -0.4 is 5.32 Å². The van der Waals surface area contributed by atoms with Crippen LogP contribution in [0.4, 0.5) is 5.95 Å². The lowest BCUT2D eigenvalue weighted by Gasteiger charge is -2.03. The fourth-order valence-corrected chi connectivity index (χ4v) is 2.71. The van der Waals surface area contributed by atoms with Gasteiger partial charge in [-0.1, -0.05) is 19.1 Å². The number of thioether (sulfide) groups is 1. The molecule has 0 fully saturated rings. The van der Waals surface area contributed by atoms with Gasteiger partial charge >= 0.3 is 0 Å². The van der Waals surface area contributed by atoms with Crippen LogP contribution in [-0.2, 0) is 15.6 Å². The van der Waals surface area contributed by atoms with Gasteiger partial charge in [0.05, 0.1) is 0 Å². The van der Waals surface area contributed by atoms with Crippen LogP contribution in [0.3, 0.4) is 0 Å². The van der Waals surface area contributed by atoms with Crippen LogP contribution in [0.15, 0.2) is 29.4 Å². The number of carbonyl (C=O) groups excluding carboxylic acids is 1. The molecule has 2 rings (SSSR count). The summed E-state index contributed by atoms with van der Waals surface area (Å²) in [5.74, 6) is 1.47. The van der Waals surface area contributed by atoms with Crippen LogP contribution in [-0.4, -0.2) is 41.5 Å². The molecule has 1 aromatic heterocycles. The van der Waals surface area contributed by atoms with E-state index in [1.54, 1.807) is 23.9 Å². The maximum absolute atomic E-state index is 12.0. The Hall–Kier alpha value is -1.87. The number of hydrogen-bond acceptors (Lipinski definition) is 6. The standard InChI is InChI=1S/C13H16N4O3S2/c1-3-21-8-9-4-6-10(7-5-9)11(18)14-12-15-13(17-16-12)22(2,19)20/h4-7H,3,8H2,1-2H3,(H2,14,15,16,17,18). The number of rotatable bonds is 6. The summed E-state index contributed by atoms with van der Waals surface area (Å²) >= 11 is 1.80. The summed E-state index contributed by atoms with van der Waals surface area (Å²) in [6.07, 6.45) is 1.01. The topological polar surface area (TPSA) is 105 Å². The van der Waals surface area contributed by atoms with Gasteiger partial charge in [0.25, 0.3) is 5.91 Å². The first-order chi connectivity index (χ1) is 10.4. The van der Waals surface area contributed by atoms with Crippen LogP contribution in [0.5, 0.6) is 0 Å². The van der Waals surface area contributed by atoms with Crippen LogP contribution in [0, 0.1) is 0 Å². The molecular weight excluding hydrogens is 324 g/mol. The number of sulfone groups is 1. The molecule has 0 aliphatic carbocycles. The van der Waals surface area contributed by atoms with Crippen LogP contribution in [0.1, 0.15) is 22.8 Å². The molecule has 0 unspecified atom stereocenters. The Morgan fingerprint density at radius 2 is 2.00 bits per heavy atom. The first-order valence-electron chi connectivity index (χ1n) is 6.50. The van der Waals surface area contributed by atoms with Gasteiger partial charge in [0.2, 0.25) is 20.9 Å². The summed E-state index contributed by atoms with van der Waals surface area (Å²) in [6, 6.07) is 7.20. The quantitative estimate of drug-likeness (QED) is 0.829. The van der Waals surface area contributed by atoms with Crippen molar-refractivity contribution in [2.24, 2.45) is 0 Å². The van der Waals surface area contributed by atoms with Crippen LogP contribution in [0.2, 0.25) is 0 Å². The third-order valence-corrected chi connectivity index (χ3v) is 4.56. The minimum Gasteiger partial charge on any atom is -0.289 e. The summed E-state index contributed by atoms with van der Waals surface area (Å²) in [4.78, 5) is 15.8. The minimum atomic E-state index is -3.48. The zero-order valence-electron chi connectivity index (χ0n) is 12.2. The molecule has 2 N–H and O–H groups in total. The third-order valence-electron chi connectivity index (χ3n) is 2.73. The van der Waals surface area contributed by atoms with E-state index in [-0.39, 0.29) is 11.1 Å². The molecule has 1 heterocycles. The Bertz CT molecular complexity index is 754. The second kappa shape index (κ2) is 6.93. The summed E-state index contributed by atoms with van der Waals surface area (Å²) in [6.45, 7) is 2.09. The van der Waals surface area contributed by atoms with Gasteiger partial charge in [-0.2, -0.15) is 16.7 Å². The zero-order chi connectivity index (χ0) is 16.2. The Morgan fingerprint density at radius 3 is 2.55 bits per heavy atom. The highest BCUT2D eigenvalue weighted by Crippen LogP contribution is 2.13. The minimum absolute atomic E-state index is 0.0731. The molecule has 1 aromatic carbocycles. The van der Waals surface area contributed by atoms with Gasteiger partial charge in [-0.3, -0.25) is 10.1 Å². The fraction of sp³-hybridized carbons (Fsp3) is 0.308. The molecule has 0 spiro atoms. The molecule has 0 aliphatic heterocycles. The predicted octanol–water partition coefficient (Wildman–Crippen LogP) is 1.71. The second-order valence-electron chi connectivity index (χ2n) is 4.52. The number of nitrogens with one attached hydrogen (secondary N) is 2. The molecule has 7 nitrogen and oxygen atoms in total. The van der Waals surface area contributed by atoms with Gasteiger partial charge in [-0.05, 0) is 23.4 Å². The molecule has 0 saturated heterocycles. The van der Waals surface area contributed by atoms with Gasteiger partial charge in [0, 0.05) is 17.6 Å². The first-order valence-corrected chi connectivity index (χ1v) is 9.55. The van der Waals surface area contributed by atoms with Crippen molar-refractivity contribution in [3.05, 3.63) is 35.4 Å². The maximum atomic E-state index is 12.0. The van der Waals surface area contributed by atoms with Gasteiger partial charge in [-0.15, -0.1) is 5.10 Å². The van der Waals surface area contributed by atoms with Crippen LogP contribution >= 0.6 is 11.8 Å². The normalized spacial score (nSPS) is 11.4. The Kier molecular flexibility index (Phi) is 5.19. The highest BCUT2D eigenvalue weighted by Gasteiger charge is 2.15. The average Bonchev–Trinajstić information content (AvgIpc) is 2.94. The molecule has 1 amide bonds. The van der Waals surface area contributed by atoms with Crippen molar-refractivity contribution >= 4 is 33.5 Å². The van der Waals surface area contributed by atoms with Gasteiger partial charge in [0.15, 0.2) is 0 Å². The van der Waals surface area contributed by atoms with E-state index >= 15 is 0 Å². The zero-order valence-corrected chi connectivity index (χ0v) is 13.8. The van der Waals surface area contributed by atoms with E-state index in [9.17, 15) is 13.2 Å². The van der Waals surface area contributed by atoms with E-state index in [1.165, 1.54) is 0 Å². The second-order valence-corrected chi connectivity index (χ2v) is 7.73. The highest BCUT2D eigenvalue weighted by molar-refractivity contribution is 7.98. The fourth-order valence-electron chi connectivity index (χ4n) is 1.61. The average molecular weight is 340 g/mol. The number of aromatic nitrogens is 3. The van der Waals surface area contributed by atoms with E-state index < -0.39 is 15.7 Å².